The van der Waals surface area contributed by atoms with Crippen LogP contribution in [0.5, 0.6) is 0 Å². The van der Waals surface area contributed by atoms with Crippen LogP contribution in [0.25, 0.3) is 0 Å². The number of carbonyl (C=O) groups is 1. The smallest absolute Gasteiger partial charge is 0.340 e. The largest absolute Gasteiger partial charge is 0.406 e. The van der Waals surface area contributed by atoms with E-state index in [0.717, 1.165) is 12.8 Å². The highest BCUT2D eigenvalue weighted by Crippen LogP contribution is 2.26. The molecule has 0 aromatic heterocycles. The van der Waals surface area contributed by atoms with Crippen molar-refractivity contribution in [2.45, 2.75) is 70.8 Å². The van der Waals surface area contributed by atoms with Crippen molar-refractivity contribution in [2.24, 2.45) is 4.99 Å². The Bertz CT molecular complexity index is 322. The average molecular weight is 251 g/mol. The first kappa shape index (κ1) is 14.9. The summed E-state index contributed by atoms with van der Waals surface area (Å²) in [5, 5.41) is 0. The van der Waals surface area contributed by atoms with Gasteiger partial charge in [-0.05, 0) is 19.4 Å². The molecule has 0 unspecified atom stereocenters. The van der Waals surface area contributed by atoms with E-state index in [1.807, 2.05) is 6.92 Å². The highest BCUT2D eigenvalue weighted by atomic mass is 16.6. The number of cyclic esters (lactones) is 1. The van der Waals surface area contributed by atoms with Crippen LogP contribution in [-0.2, 0) is 9.53 Å². The van der Waals surface area contributed by atoms with E-state index >= 15 is 0 Å². The highest BCUT2D eigenvalue weighted by molar-refractivity contribution is 6.04. The fourth-order valence-electron chi connectivity index (χ4n) is 2.19. The fourth-order valence-corrected chi connectivity index (χ4v) is 2.19. The lowest BCUT2D eigenvalue weighted by Gasteiger charge is -2.15. The molecule has 18 heavy (non-hydrogen) atoms. The molecule has 3 heteroatoms. The maximum Gasteiger partial charge on any atom is 0.340 e. The normalized spacial score (nSPS) is 22.8. The number of esters is 1. The van der Waals surface area contributed by atoms with Crippen molar-refractivity contribution in [3.05, 3.63) is 12.7 Å². The zero-order valence-electron chi connectivity index (χ0n) is 11.7. The van der Waals surface area contributed by atoms with Gasteiger partial charge in [0, 0.05) is 0 Å². The van der Waals surface area contributed by atoms with Gasteiger partial charge in [0.25, 0.3) is 0 Å². The number of carbonyl (C=O) groups excluding carboxylic acids is 1. The van der Waals surface area contributed by atoms with Crippen LogP contribution in [0.15, 0.2) is 17.6 Å². The summed E-state index contributed by atoms with van der Waals surface area (Å²) in [6, 6.07) is 0. The molecule has 0 saturated carbocycles. The quantitative estimate of drug-likeness (QED) is 0.458. The minimum absolute atomic E-state index is 0.233. The van der Waals surface area contributed by atoms with Gasteiger partial charge in [-0.25, -0.2) is 9.79 Å². The minimum atomic E-state index is -0.674. The Balaban J connectivity index is 2.20. The molecule has 0 saturated heterocycles. The van der Waals surface area contributed by atoms with E-state index in [1.165, 1.54) is 44.6 Å². The highest BCUT2D eigenvalue weighted by Gasteiger charge is 2.40. The predicted octanol–water partition coefficient (Wildman–Crippen LogP) is 4.03. The SMILES string of the molecule is C=CC1=N[C@](C)(CCCCCCCCC)C(=O)O1. The first-order chi connectivity index (χ1) is 8.62. The molecular formula is C15H25NO2. The van der Waals surface area contributed by atoms with Gasteiger partial charge >= 0.3 is 5.97 Å². The third kappa shape index (κ3) is 4.28. The van der Waals surface area contributed by atoms with Crippen molar-refractivity contribution in [1.29, 1.82) is 0 Å². The van der Waals surface area contributed by atoms with Gasteiger partial charge in [-0.15, -0.1) is 0 Å². The van der Waals surface area contributed by atoms with Crippen molar-refractivity contribution < 1.29 is 9.53 Å². The zero-order valence-corrected chi connectivity index (χ0v) is 11.7. The maximum atomic E-state index is 11.7. The van der Waals surface area contributed by atoms with E-state index in [1.54, 1.807) is 0 Å². The van der Waals surface area contributed by atoms with Gasteiger partial charge in [-0.3, -0.25) is 0 Å². The molecule has 0 bridgehead atoms. The van der Waals surface area contributed by atoms with Crippen molar-refractivity contribution >= 4 is 11.9 Å². The van der Waals surface area contributed by atoms with Gasteiger partial charge in [0.2, 0.25) is 5.90 Å². The van der Waals surface area contributed by atoms with Gasteiger partial charge in [-0.1, -0.05) is 58.4 Å². The van der Waals surface area contributed by atoms with Gasteiger partial charge in [0.05, 0.1) is 0 Å². The monoisotopic (exact) mass is 251 g/mol. The first-order valence-corrected chi connectivity index (χ1v) is 7.07. The first-order valence-electron chi connectivity index (χ1n) is 7.07. The molecule has 1 rings (SSSR count). The molecule has 0 spiro atoms. The van der Waals surface area contributed by atoms with Gasteiger partial charge < -0.3 is 4.74 Å². The molecule has 0 aromatic carbocycles. The summed E-state index contributed by atoms with van der Waals surface area (Å²) in [5.41, 5.74) is -0.674. The van der Waals surface area contributed by atoms with Crippen LogP contribution in [-0.4, -0.2) is 17.4 Å². The van der Waals surface area contributed by atoms with Crippen LogP contribution in [0.3, 0.4) is 0 Å². The van der Waals surface area contributed by atoms with E-state index in [9.17, 15) is 4.79 Å². The molecular weight excluding hydrogens is 226 g/mol. The Labute approximate surface area is 110 Å². The van der Waals surface area contributed by atoms with E-state index in [2.05, 4.69) is 18.5 Å². The fraction of sp³-hybridized carbons (Fsp3) is 0.733. The average Bonchev–Trinajstić information content (AvgIpc) is 2.64. The molecule has 102 valence electrons. The number of ether oxygens (including phenoxy) is 1. The van der Waals surface area contributed by atoms with Gasteiger partial charge in [0.1, 0.15) is 0 Å². The predicted molar refractivity (Wildman–Crippen MR) is 74.7 cm³/mol. The van der Waals surface area contributed by atoms with E-state index < -0.39 is 5.54 Å². The Morgan fingerprint density at radius 3 is 2.39 bits per heavy atom. The summed E-state index contributed by atoms with van der Waals surface area (Å²) < 4.78 is 5.03. The number of rotatable bonds is 9. The van der Waals surface area contributed by atoms with Gasteiger partial charge in [-0.2, -0.15) is 0 Å². The molecule has 0 radical (unpaired) electrons. The molecule has 3 nitrogen and oxygen atoms in total. The summed E-state index contributed by atoms with van der Waals surface area (Å²) >= 11 is 0. The Hall–Kier alpha value is -1.12. The number of nitrogens with zero attached hydrogens (tertiary/aromatic N) is 1. The molecule has 1 aliphatic rings. The number of aliphatic imine (C=N–C) groups is 1. The Morgan fingerprint density at radius 1 is 1.22 bits per heavy atom. The van der Waals surface area contributed by atoms with Gasteiger partial charge in [0.15, 0.2) is 5.54 Å². The second-order valence-corrected chi connectivity index (χ2v) is 5.19. The number of hydrogen-bond donors (Lipinski definition) is 0. The molecule has 0 aromatic rings. The lowest BCUT2D eigenvalue weighted by Crippen LogP contribution is -2.29. The van der Waals surface area contributed by atoms with Crippen molar-refractivity contribution in [3.8, 4) is 0 Å². The number of hydrogen-bond acceptors (Lipinski definition) is 3. The molecule has 0 aliphatic carbocycles. The second kappa shape index (κ2) is 7.34. The molecule has 1 heterocycles. The Morgan fingerprint density at radius 2 is 1.83 bits per heavy atom. The number of unbranched alkanes of at least 4 members (excludes halogenated alkanes) is 6. The zero-order chi connectivity index (χ0) is 13.4. The lowest BCUT2D eigenvalue weighted by molar-refractivity contribution is -0.138. The van der Waals surface area contributed by atoms with E-state index in [-0.39, 0.29) is 5.97 Å². The lowest BCUT2D eigenvalue weighted by atomic mass is 9.95. The molecule has 1 atom stereocenters. The van der Waals surface area contributed by atoms with Crippen molar-refractivity contribution in [3.63, 3.8) is 0 Å². The summed E-state index contributed by atoms with van der Waals surface area (Å²) in [6.07, 6.45) is 11.0. The standard InChI is InChI=1S/C15H25NO2/c1-4-6-7-8-9-10-11-12-15(3)14(17)18-13(5-2)16-15/h5H,2,4,6-12H2,1,3H3/t15-/m1/s1. The van der Waals surface area contributed by atoms with Crippen molar-refractivity contribution in [1.82, 2.24) is 0 Å². The third-order valence-electron chi connectivity index (χ3n) is 3.44. The van der Waals surface area contributed by atoms with Crippen LogP contribution in [0.1, 0.15) is 65.2 Å². The topological polar surface area (TPSA) is 38.7 Å². The van der Waals surface area contributed by atoms with Crippen LogP contribution in [0.2, 0.25) is 0 Å². The summed E-state index contributed by atoms with van der Waals surface area (Å²) in [7, 11) is 0. The summed E-state index contributed by atoms with van der Waals surface area (Å²) in [4.78, 5) is 16.0. The van der Waals surface area contributed by atoms with E-state index in [0.29, 0.717) is 5.90 Å². The van der Waals surface area contributed by atoms with Crippen LogP contribution in [0.4, 0.5) is 0 Å². The van der Waals surface area contributed by atoms with Crippen molar-refractivity contribution in [2.75, 3.05) is 0 Å². The third-order valence-corrected chi connectivity index (χ3v) is 3.44. The molecule has 0 amide bonds. The maximum absolute atomic E-state index is 11.7. The van der Waals surface area contributed by atoms with Crippen LogP contribution >= 0.6 is 0 Å². The second-order valence-electron chi connectivity index (χ2n) is 5.19. The van der Waals surface area contributed by atoms with Crippen LogP contribution in [0, 0.1) is 0 Å². The minimum Gasteiger partial charge on any atom is -0.406 e. The summed E-state index contributed by atoms with van der Waals surface area (Å²) in [5.74, 6) is 0.133. The Kier molecular flexibility index (Phi) is 6.10. The van der Waals surface area contributed by atoms with Crippen LogP contribution < -0.4 is 0 Å². The molecule has 0 N–H and O–H groups in total. The molecule has 0 fully saturated rings. The summed E-state index contributed by atoms with van der Waals surface area (Å²) in [6.45, 7) is 7.65. The molecule has 1 aliphatic heterocycles. The van der Waals surface area contributed by atoms with E-state index in [4.69, 9.17) is 4.74 Å².